The van der Waals surface area contributed by atoms with Gasteiger partial charge in [-0.1, -0.05) is 54.2 Å². The first kappa shape index (κ1) is 16.0. The minimum atomic E-state index is 0.0513. The lowest BCUT2D eigenvalue weighted by Crippen LogP contribution is -2.44. The molecule has 0 spiro atoms. The van der Waals surface area contributed by atoms with Crippen molar-refractivity contribution in [1.29, 1.82) is 0 Å². The van der Waals surface area contributed by atoms with Gasteiger partial charge in [0.25, 0.3) is 0 Å². The third-order valence-corrected chi connectivity index (χ3v) is 4.57. The summed E-state index contributed by atoms with van der Waals surface area (Å²) in [4.78, 5) is 0. The van der Waals surface area contributed by atoms with Gasteiger partial charge < -0.3 is 10.1 Å². The number of rotatable bonds is 7. The molecule has 1 aromatic carbocycles. The maximum atomic E-state index is 6.37. The van der Waals surface area contributed by atoms with Crippen molar-refractivity contribution in [2.24, 2.45) is 0 Å². The topological polar surface area (TPSA) is 21.3 Å². The maximum Gasteiger partial charge on any atom is 0.0810 e. The Morgan fingerprint density at radius 2 is 2.05 bits per heavy atom. The van der Waals surface area contributed by atoms with Crippen molar-refractivity contribution >= 4 is 15.9 Å². The molecule has 1 fully saturated rings. The van der Waals surface area contributed by atoms with Crippen LogP contribution >= 0.6 is 15.9 Å². The van der Waals surface area contributed by atoms with Crippen molar-refractivity contribution in [3.05, 3.63) is 34.3 Å². The van der Waals surface area contributed by atoms with E-state index in [1.54, 1.807) is 0 Å². The van der Waals surface area contributed by atoms with Gasteiger partial charge in [0.2, 0.25) is 0 Å². The number of ether oxygens (including phenoxy) is 1. The van der Waals surface area contributed by atoms with Crippen LogP contribution in [0.25, 0.3) is 0 Å². The zero-order valence-electron chi connectivity index (χ0n) is 12.5. The van der Waals surface area contributed by atoms with Gasteiger partial charge in [0.15, 0.2) is 0 Å². The minimum Gasteiger partial charge on any atom is -0.369 e. The van der Waals surface area contributed by atoms with Crippen LogP contribution in [0.3, 0.4) is 0 Å². The van der Waals surface area contributed by atoms with Crippen molar-refractivity contribution in [3.8, 4) is 0 Å². The fraction of sp³-hybridized carbons (Fsp3) is 0.647. The molecule has 0 amide bonds. The van der Waals surface area contributed by atoms with E-state index in [4.69, 9.17) is 4.74 Å². The summed E-state index contributed by atoms with van der Waals surface area (Å²) in [6, 6.07) is 8.42. The Morgan fingerprint density at radius 3 is 2.75 bits per heavy atom. The predicted molar refractivity (Wildman–Crippen MR) is 87.9 cm³/mol. The average Bonchev–Trinajstić information content (AvgIpc) is 2.47. The smallest absolute Gasteiger partial charge is 0.0810 e. The van der Waals surface area contributed by atoms with Crippen LogP contribution in [0.4, 0.5) is 0 Å². The van der Waals surface area contributed by atoms with Crippen LogP contribution in [0.15, 0.2) is 28.7 Å². The molecule has 0 atom stereocenters. The van der Waals surface area contributed by atoms with E-state index >= 15 is 0 Å². The summed E-state index contributed by atoms with van der Waals surface area (Å²) in [5.74, 6) is 0. The number of hydrogen-bond acceptors (Lipinski definition) is 2. The zero-order chi connectivity index (χ0) is 14.3. The molecule has 0 heterocycles. The summed E-state index contributed by atoms with van der Waals surface area (Å²) >= 11 is 3.52. The molecular weight excluding hydrogens is 314 g/mol. The third kappa shape index (κ3) is 4.87. The number of nitrogens with one attached hydrogen (secondary N) is 1. The second-order valence-electron chi connectivity index (χ2n) is 5.84. The molecular formula is C17H26BrNO. The molecule has 2 rings (SSSR count). The van der Waals surface area contributed by atoms with Crippen LogP contribution in [0.2, 0.25) is 0 Å². The molecule has 0 aliphatic heterocycles. The van der Waals surface area contributed by atoms with Crippen LogP contribution in [-0.4, -0.2) is 18.7 Å². The van der Waals surface area contributed by atoms with Gasteiger partial charge in [0, 0.05) is 11.0 Å². The monoisotopic (exact) mass is 339 g/mol. The fourth-order valence-corrected chi connectivity index (χ4v) is 3.37. The number of halogens is 1. The van der Waals surface area contributed by atoms with E-state index in [9.17, 15) is 0 Å². The van der Waals surface area contributed by atoms with Crippen molar-refractivity contribution < 1.29 is 4.74 Å². The lowest BCUT2D eigenvalue weighted by Gasteiger charge is -2.37. The summed E-state index contributed by atoms with van der Waals surface area (Å²) in [5.41, 5.74) is 1.30. The van der Waals surface area contributed by atoms with Gasteiger partial charge in [0.1, 0.15) is 0 Å². The number of benzene rings is 1. The standard InChI is InChI=1S/C17H26BrNO/c1-2-11-19-14-17(9-4-3-5-10-17)20-13-15-7-6-8-16(18)12-15/h6-8,12,19H,2-5,9-11,13-14H2,1H3. The van der Waals surface area contributed by atoms with E-state index in [2.05, 4.69) is 52.4 Å². The van der Waals surface area contributed by atoms with Crippen LogP contribution in [0.1, 0.15) is 51.0 Å². The molecule has 0 aromatic heterocycles. The highest BCUT2D eigenvalue weighted by molar-refractivity contribution is 9.10. The minimum absolute atomic E-state index is 0.0513. The first-order valence-electron chi connectivity index (χ1n) is 7.83. The summed E-state index contributed by atoms with van der Waals surface area (Å²) in [7, 11) is 0. The van der Waals surface area contributed by atoms with E-state index in [0.29, 0.717) is 6.61 Å². The Morgan fingerprint density at radius 1 is 1.25 bits per heavy atom. The largest absolute Gasteiger partial charge is 0.369 e. The van der Waals surface area contributed by atoms with Gasteiger partial charge >= 0.3 is 0 Å². The summed E-state index contributed by atoms with van der Waals surface area (Å²) in [6.45, 7) is 5.01. The highest BCUT2D eigenvalue weighted by Crippen LogP contribution is 2.32. The summed E-state index contributed by atoms with van der Waals surface area (Å²) in [5, 5.41) is 3.56. The lowest BCUT2D eigenvalue weighted by molar-refractivity contribution is -0.0784. The Hall–Kier alpha value is -0.380. The van der Waals surface area contributed by atoms with Gasteiger partial charge in [-0.25, -0.2) is 0 Å². The molecule has 1 saturated carbocycles. The highest BCUT2D eigenvalue weighted by atomic mass is 79.9. The van der Waals surface area contributed by atoms with Crippen LogP contribution in [-0.2, 0) is 11.3 Å². The summed E-state index contributed by atoms with van der Waals surface area (Å²) < 4.78 is 7.50. The van der Waals surface area contributed by atoms with Gasteiger partial charge in [-0.15, -0.1) is 0 Å². The van der Waals surface area contributed by atoms with Crippen molar-refractivity contribution in [3.63, 3.8) is 0 Å². The Bertz CT molecular complexity index is 402. The highest BCUT2D eigenvalue weighted by Gasteiger charge is 2.32. The fourth-order valence-electron chi connectivity index (χ4n) is 2.92. The van der Waals surface area contributed by atoms with Crippen LogP contribution in [0.5, 0.6) is 0 Å². The third-order valence-electron chi connectivity index (χ3n) is 4.07. The quantitative estimate of drug-likeness (QED) is 0.729. The van der Waals surface area contributed by atoms with Crippen molar-refractivity contribution in [2.45, 2.75) is 57.7 Å². The van der Waals surface area contributed by atoms with Crippen molar-refractivity contribution in [1.82, 2.24) is 5.32 Å². The van der Waals surface area contributed by atoms with E-state index in [-0.39, 0.29) is 5.60 Å². The van der Waals surface area contributed by atoms with Gasteiger partial charge in [0.05, 0.1) is 12.2 Å². The second kappa shape index (κ2) is 8.16. The van der Waals surface area contributed by atoms with Gasteiger partial charge in [-0.2, -0.15) is 0 Å². The average molecular weight is 340 g/mol. The zero-order valence-corrected chi connectivity index (χ0v) is 14.0. The Kier molecular flexibility index (Phi) is 6.53. The first-order chi connectivity index (χ1) is 9.74. The Balaban J connectivity index is 1.93. The molecule has 0 saturated heterocycles. The van der Waals surface area contributed by atoms with Crippen molar-refractivity contribution in [2.75, 3.05) is 13.1 Å². The van der Waals surface area contributed by atoms with E-state index in [0.717, 1.165) is 17.6 Å². The molecule has 3 heteroatoms. The van der Waals surface area contributed by atoms with Gasteiger partial charge in [-0.05, 0) is 43.5 Å². The van der Waals surface area contributed by atoms with Gasteiger partial charge in [-0.3, -0.25) is 0 Å². The van der Waals surface area contributed by atoms with Crippen LogP contribution in [0, 0.1) is 0 Å². The van der Waals surface area contributed by atoms with E-state index in [1.807, 2.05) is 0 Å². The maximum absolute atomic E-state index is 6.37. The number of hydrogen-bond donors (Lipinski definition) is 1. The Labute approximate surface area is 131 Å². The van der Waals surface area contributed by atoms with Crippen LogP contribution < -0.4 is 5.32 Å². The molecule has 0 radical (unpaired) electrons. The molecule has 1 aliphatic rings. The predicted octanol–water partition coefficient (Wildman–Crippen LogP) is 4.67. The lowest BCUT2D eigenvalue weighted by atomic mass is 9.84. The van der Waals surface area contributed by atoms with E-state index < -0.39 is 0 Å². The molecule has 1 aromatic rings. The van der Waals surface area contributed by atoms with E-state index in [1.165, 1.54) is 44.1 Å². The molecule has 1 aliphatic carbocycles. The molecule has 2 nitrogen and oxygen atoms in total. The molecule has 0 bridgehead atoms. The molecule has 112 valence electrons. The summed E-state index contributed by atoms with van der Waals surface area (Å²) in [6.07, 6.45) is 7.52. The SMILES string of the molecule is CCCNCC1(OCc2cccc(Br)c2)CCCCC1. The normalized spacial score (nSPS) is 18.1. The first-order valence-corrected chi connectivity index (χ1v) is 8.62. The molecule has 20 heavy (non-hydrogen) atoms. The molecule has 1 N–H and O–H groups in total. The molecule has 0 unspecified atom stereocenters. The second-order valence-corrected chi connectivity index (χ2v) is 6.75.